The Morgan fingerprint density at radius 2 is 1.79 bits per heavy atom. The molecule has 0 N–H and O–H groups in total. The Hall–Kier alpha value is -0.523. The summed E-state index contributed by atoms with van der Waals surface area (Å²) in [6, 6.07) is 3.65. The Morgan fingerprint density at radius 1 is 1.21 bits per heavy atom. The van der Waals surface area contributed by atoms with Crippen molar-refractivity contribution < 1.29 is 4.43 Å². The Kier molecular flexibility index (Phi) is 7.55. The third-order valence-electron chi connectivity index (χ3n) is 2.77. The molecule has 0 bridgehead atoms. The SMILES string of the molecule is C=CC#CCCO[Si](CC)(CC)CC. The summed E-state index contributed by atoms with van der Waals surface area (Å²) in [5.41, 5.74) is 0. The minimum Gasteiger partial charge on any atom is -0.416 e. The molecule has 0 aliphatic heterocycles. The predicted octanol–water partition coefficient (Wildman–Crippen LogP) is 3.59. The molecule has 0 fully saturated rings. The zero-order valence-electron chi connectivity index (χ0n) is 9.73. The van der Waals surface area contributed by atoms with Crippen LogP contribution in [0.1, 0.15) is 27.2 Å². The van der Waals surface area contributed by atoms with Crippen LogP contribution < -0.4 is 0 Å². The van der Waals surface area contributed by atoms with Crippen LogP contribution in [0, 0.1) is 11.8 Å². The minimum absolute atomic E-state index is 0.794. The third-order valence-corrected chi connectivity index (χ3v) is 7.45. The summed E-state index contributed by atoms with van der Waals surface area (Å²) >= 11 is 0. The summed E-state index contributed by atoms with van der Waals surface area (Å²) in [6.45, 7) is 11.1. The van der Waals surface area contributed by atoms with Crippen LogP contribution in [0.5, 0.6) is 0 Å². The largest absolute Gasteiger partial charge is 0.416 e. The van der Waals surface area contributed by atoms with Crippen LogP contribution in [0.2, 0.25) is 18.1 Å². The molecular weight excluding hydrogens is 188 g/mol. The lowest BCUT2D eigenvalue weighted by atomic mass is 10.4. The average molecular weight is 210 g/mol. The van der Waals surface area contributed by atoms with E-state index in [1.807, 2.05) is 0 Å². The van der Waals surface area contributed by atoms with Gasteiger partial charge in [0.1, 0.15) is 0 Å². The molecule has 0 saturated heterocycles. The van der Waals surface area contributed by atoms with Crippen molar-refractivity contribution in [3.63, 3.8) is 0 Å². The van der Waals surface area contributed by atoms with Crippen molar-refractivity contribution in [2.24, 2.45) is 0 Å². The molecule has 0 heterocycles. The van der Waals surface area contributed by atoms with E-state index in [2.05, 4.69) is 39.2 Å². The Balaban J connectivity index is 3.88. The van der Waals surface area contributed by atoms with Crippen LogP contribution in [0.3, 0.4) is 0 Å². The van der Waals surface area contributed by atoms with Gasteiger partial charge in [-0.15, -0.1) is 0 Å². The fourth-order valence-corrected chi connectivity index (χ4v) is 4.17. The summed E-state index contributed by atoms with van der Waals surface area (Å²) < 4.78 is 6.03. The van der Waals surface area contributed by atoms with E-state index in [1.54, 1.807) is 6.08 Å². The molecule has 80 valence electrons. The van der Waals surface area contributed by atoms with Crippen LogP contribution in [0.4, 0.5) is 0 Å². The Labute approximate surface area is 89.7 Å². The van der Waals surface area contributed by atoms with Gasteiger partial charge < -0.3 is 4.43 Å². The van der Waals surface area contributed by atoms with Gasteiger partial charge in [-0.05, 0) is 24.2 Å². The van der Waals surface area contributed by atoms with E-state index in [1.165, 1.54) is 18.1 Å². The molecule has 0 spiro atoms. The van der Waals surface area contributed by atoms with Crippen LogP contribution >= 0.6 is 0 Å². The normalized spacial score (nSPS) is 10.5. The zero-order chi connectivity index (χ0) is 10.9. The molecule has 0 aromatic rings. The van der Waals surface area contributed by atoms with Crippen LogP contribution in [0.15, 0.2) is 12.7 Å². The van der Waals surface area contributed by atoms with Gasteiger partial charge in [-0.3, -0.25) is 0 Å². The van der Waals surface area contributed by atoms with Gasteiger partial charge in [-0.1, -0.05) is 39.2 Å². The highest BCUT2D eigenvalue weighted by molar-refractivity contribution is 6.73. The van der Waals surface area contributed by atoms with Crippen LogP contribution in [0.25, 0.3) is 0 Å². The summed E-state index contributed by atoms with van der Waals surface area (Å²) in [5.74, 6) is 5.85. The molecule has 14 heavy (non-hydrogen) atoms. The van der Waals surface area contributed by atoms with E-state index in [4.69, 9.17) is 4.43 Å². The van der Waals surface area contributed by atoms with Gasteiger partial charge in [-0.25, -0.2) is 0 Å². The summed E-state index contributed by atoms with van der Waals surface area (Å²) in [5, 5.41) is 0. The summed E-state index contributed by atoms with van der Waals surface area (Å²) in [6.07, 6.45) is 2.46. The Bertz CT molecular complexity index is 200. The van der Waals surface area contributed by atoms with Crippen LogP contribution in [-0.2, 0) is 4.43 Å². The standard InChI is InChI=1S/C12H22OSi/c1-5-9-10-11-12-13-14(6-2,7-3)8-4/h5H,1,6-8,11-12H2,2-4H3. The smallest absolute Gasteiger partial charge is 0.192 e. The number of rotatable bonds is 6. The second-order valence-electron chi connectivity index (χ2n) is 3.37. The molecular formula is C12H22OSi. The van der Waals surface area contributed by atoms with Gasteiger partial charge in [0, 0.05) is 13.0 Å². The first kappa shape index (κ1) is 13.5. The molecule has 0 atom stereocenters. The second-order valence-corrected chi connectivity index (χ2v) is 8.14. The first-order valence-corrected chi connectivity index (χ1v) is 8.00. The lowest BCUT2D eigenvalue weighted by Crippen LogP contribution is -2.35. The molecule has 0 aromatic carbocycles. The lowest BCUT2D eigenvalue weighted by molar-refractivity contribution is 0.308. The molecule has 0 saturated carbocycles. The summed E-state index contributed by atoms with van der Waals surface area (Å²) in [7, 11) is -1.37. The van der Waals surface area contributed by atoms with Crippen molar-refractivity contribution in [3.05, 3.63) is 12.7 Å². The topological polar surface area (TPSA) is 9.23 Å². The maximum atomic E-state index is 6.03. The van der Waals surface area contributed by atoms with Crippen molar-refractivity contribution >= 4 is 8.32 Å². The van der Waals surface area contributed by atoms with Gasteiger partial charge in [-0.2, -0.15) is 0 Å². The van der Waals surface area contributed by atoms with Gasteiger partial charge in [0.25, 0.3) is 0 Å². The van der Waals surface area contributed by atoms with Crippen LogP contribution in [-0.4, -0.2) is 14.9 Å². The van der Waals surface area contributed by atoms with Gasteiger partial charge in [0.2, 0.25) is 0 Å². The molecule has 0 rings (SSSR count). The highest BCUT2D eigenvalue weighted by Crippen LogP contribution is 2.21. The van der Waals surface area contributed by atoms with Crippen molar-refractivity contribution in [1.29, 1.82) is 0 Å². The molecule has 2 heteroatoms. The predicted molar refractivity (Wildman–Crippen MR) is 65.7 cm³/mol. The van der Waals surface area contributed by atoms with E-state index in [-0.39, 0.29) is 0 Å². The molecule has 1 nitrogen and oxygen atoms in total. The molecule has 0 unspecified atom stereocenters. The van der Waals surface area contributed by atoms with Crippen molar-refractivity contribution in [3.8, 4) is 11.8 Å². The fourth-order valence-electron chi connectivity index (χ4n) is 1.52. The molecule has 0 amide bonds. The highest BCUT2D eigenvalue weighted by Gasteiger charge is 2.27. The van der Waals surface area contributed by atoms with Gasteiger partial charge in [0.15, 0.2) is 8.32 Å². The third kappa shape index (κ3) is 4.64. The fraction of sp³-hybridized carbons (Fsp3) is 0.667. The molecule has 0 aliphatic carbocycles. The first-order valence-electron chi connectivity index (χ1n) is 5.48. The van der Waals surface area contributed by atoms with Crippen molar-refractivity contribution in [1.82, 2.24) is 0 Å². The van der Waals surface area contributed by atoms with Crippen molar-refractivity contribution in [2.75, 3.05) is 6.61 Å². The maximum absolute atomic E-state index is 6.03. The van der Waals surface area contributed by atoms with Gasteiger partial charge in [0.05, 0.1) is 0 Å². The quantitative estimate of drug-likeness (QED) is 0.370. The molecule has 0 aromatic heterocycles. The highest BCUT2D eigenvalue weighted by atomic mass is 28.4. The maximum Gasteiger partial charge on any atom is 0.192 e. The van der Waals surface area contributed by atoms with E-state index < -0.39 is 8.32 Å². The lowest BCUT2D eigenvalue weighted by Gasteiger charge is -2.27. The Morgan fingerprint density at radius 3 is 2.21 bits per heavy atom. The number of allylic oxidation sites excluding steroid dienone is 1. The van der Waals surface area contributed by atoms with E-state index in [0.29, 0.717) is 0 Å². The average Bonchev–Trinajstić information content (AvgIpc) is 2.24. The van der Waals surface area contributed by atoms with E-state index in [0.717, 1.165) is 13.0 Å². The molecule has 0 radical (unpaired) electrons. The van der Waals surface area contributed by atoms with E-state index in [9.17, 15) is 0 Å². The zero-order valence-corrected chi connectivity index (χ0v) is 10.7. The van der Waals surface area contributed by atoms with E-state index >= 15 is 0 Å². The first-order chi connectivity index (χ1) is 6.74. The molecule has 0 aliphatic rings. The van der Waals surface area contributed by atoms with Gasteiger partial charge >= 0.3 is 0 Å². The minimum atomic E-state index is -1.37. The number of hydrogen-bond donors (Lipinski definition) is 0. The number of hydrogen-bond acceptors (Lipinski definition) is 1. The monoisotopic (exact) mass is 210 g/mol. The summed E-state index contributed by atoms with van der Waals surface area (Å²) in [4.78, 5) is 0. The second kappa shape index (κ2) is 7.84. The van der Waals surface area contributed by atoms with Crippen molar-refractivity contribution in [2.45, 2.75) is 45.3 Å².